The zero-order valence-corrected chi connectivity index (χ0v) is 10.2. The highest BCUT2D eigenvalue weighted by atomic mass is 15.1. The zero-order valence-electron chi connectivity index (χ0n) is 10.2. The summed E-state index contributed by atoms with van der Waals surface area (Å²) in [6.45, 7) is 13.3. The fraction of sp³-hybridized carbons (Fsp3) is 0.750. The van der Waals surface area contributed by atoms with Gasteiger partial charge in [0.1, 0.15) is 0 Å². The molecule has 1 aromatic rings. The van der Waals surface area contributed by atoms with Crippen molar-refractivity contribution in [2.24, 2.45) is 5.92 Å². The fourth-order valence-corrected chi connectivity index (χ4v) is 1.28. The lowest BCUT2D eigenvalue weighted by molar-refractivity contribution is 0.395. The van der Waals surface area contributed by atoms with Crippen molar-refractivity contribution in [2.45, 2.75) is 53.0 Å². The monoisotopic (exact) mass is 194 g/mol. The van der Waals surface area contributed by atoms with E-state index in [1.165, 1.54) is 5.69 Å². The molecule has 1 unspecified atom stereocenters. The Kier molecular flexibility index (Phi) is 3.03. The molecule has 1 heterocycles. The van der Waals surface area contributed by atoms with Gasteiger partial charge in [0, 0.05) is 17.7 Å². The van der Waals surface area contributed by atoms with E-state index >= 15 is 0 Å². The van der Waals surface area contributed by atoms with Crippen molar-refractivity contribution in [2.75, 3.05) is 0 Å². The van der Waals surface area contributed by atoms with Crippen molar-refractivity contribution >= 4 is 0 Å². The molecule has 0 fully saturated rings. The van der Waals surface area contributed by atoms with E-state index in [0.29, 0.717) is 11.8 Å². The smallest absolute Gasteiger partial charge is 0.0954 e. The number of imidazole rings is 1. The normalized spacial score (nSPS) is 14.8. The molecule has 0 N–H and O–H groups in total. The summed E-state index contributed by atoms with van der Waals surface area (Å²) in [5, 5.41) is 0. The lowest BCUT2D eigenvalue weighted by Crippen LogP contribution is -2.19. The van der Waals surface area contributed by atoms with E-state index in [4.69, 9.17) is 0 Å². The van der Waals surface area contributed by atoms with Crippen molar-refractivity contribution in [1.29, 1.82) is 0 Å². The molecule has 2 nitrogen and oxygen atoms in total. The largest absolute Gasteiger partial charge is 0.332 e. The SMILES string of the molecule is CC(C)C(C)c1cn(C(C)(C)C)cn1. The van der Waals surface area contributed by atoms with Gasteiger partial charge in [-0.3, -0.25) is 0 Å². The standard InChI is InChI=1S/C12H22N2/c1-9(2)10(3)11-7-14(8-13-11)12(4,5)6/h7-10H,1-6H3. The number of rotatable bonds is 2. The van der Waals surface area contributed by atoms with Crippen molar-refractivity contribution in [3.8, 4) is 0 Å². The van der Waals surface area contributed by atoms with Crippen LogP contribution in [0.5, 0.6) is 0 Å². The van der Waals surface area contributed by atoms with E-state index < -0.39 is 0 Å². The van der Waals surface area contributed by atoms with Crippen molar-refractivity contribution < 1.29 is 0 Å². The average Bonchev–Trinajstić information content (AvgIpc) is 2.49. The molecule has 2 heteroatoms. The van der Waals surface area contributed by atoms with Crippen LogP contribution in [0.2, 0.25) is 0 Å². The van der Waals surface area contributed by atoms with E-state index in [1.807, 2.05) is 6.33 Å². The van der Waals surface area contributed by atoms with Gasteiger partial charge in [-0.25, -0.2) is 4.98 Å². The summed E-state index contributed by atoms with van der Waals surface area (Å²) in [7, 11) is 0. The molecule has 0 bridgehead atoms. The number of hydrogen-bond acceptors (Lipinski definition) is 1. The van der Waals surface area contributed by atoms with Crippen LogP contribution in [0.4, 0.5) is 0 Å². The quantitative estimate of drug-likeness (QED) is 0.705. The summed E-state index contributed by atoms with van der Waals surface area (Å²) < 4.78 is 2.18. The van der Waals surface area contributed by atoms with Crippen molar-refractivity contribution in [3.63, 3.8) is 0 Å². The van der Waals surface area contributed by atoms with E-state index in [1.54, 1.807) is 0 Å². The molecule has 1 aromatic heterocycles. The first-order valence-electron chi connectivity index (χ1n) is 5.36. The number of aromatic nitrogens is 2. The van der Waals surface area contributed by atoms with E-state index in [-0.39, 0.29) is 5.54 Å². The minimum atomic E-state index is 0.141. The van der Waals surface area contributed by atoms with Crippen LogP contribution in [0.15, 0.2) is 12.5 Å². The molecule has 14 heavy (non-hydrogen) atoms. The first-order chi connectivity index (χ1) is 6.32. The van der Waals surface area contributed by atoms with Gasteiger partial charge in [-0.2, -0.15) is 0 Å². The highest BCUT2D eigenvalue weighted by Gasteiger charge is 2.17. The third-order valence-corrected chi connectivity index (χ3v) is 2.84. The molecule has 0 spiro atoms. The summed E-state index contributed by atoms with van der Waals surface area (Å²) >= 11 is 0. The van der Waals surface area contributed by atoms with Crippen LogP contribution in [0.25, 0.3) is 0 Å². The summed E-state index contributed by atoms with van der Waals surface area (Å²) in [6.07, 6.45) is 4.11. The van der Waals surface area contributed by atoms with Crippen LogP contribution < -0.4 is 0 Å². The fourth-order valence-electron chi connectivity index (χ4n) is 1.28. The first-order valence-corrected chi connectivity index (χ1v) is 5.36. The van der Waals surface area contributed by atoms with Crippen LogP contribution in [-0.2, 0) is 5.54 Å². The van der Waals surface area contributed by atoms with E-state index in [2.05, 4.69) is 57.3 Å². The van der Waals surface area contributed by atoms with E-state index in [0.717, 1.165) is 0 Å². The number of nitrogens with zero attached hydrogens (tertiary/aromatic N) is 2. The molecule has 1 atom stereocenters. The maximum Gasteiger partial charge on any atom is 0.0954 e. The molecular weight excluding hydrogens is 172 g/mol. The van der Waals surface area contributed by atoms with Crippen LogP contribution in [-0.4, -0.2) is 9.55 Å². The topological polar surface area (TPSA) is 17.8 Å². The van der Waals surface area contributed by atoms with Gasteiger partial charge in [-0.05, 0) is 26.7 Å². The Labute approximate surface area is 87.4 Å². The summed E-state index contributed by atoms with van der Waals surface area (Å²) in [4.78, 5) is 4.47. The second-order valence-electron chi connectivity index (χ2n) is 5.41. The van der Waals surface area contributed by atoms with Gasteiger partial charge >= 0.3 is 0 Å². The summed E-state index contributed by atoms with van der Waals surface area (Å²) in [6, 6.07) is 0. The van der Waals surface area contributed by atoms with Gasteiger partial charge in [0.05, 0.1) is 12.0 Å². The van der Waals surface area contributed by atoms with Crippen LogP contribution >= 0.6 is 0 Å². The zero-order chi connectivity index (χ0) is 10.9. The lowest BCUT2D eigenvalue weighted by atomic mass is 9.95. The molecule has 0 aliphatic rings. The molecule has 0 amide bonds. The molecule has 0 aliphatic heterocycles. The Hall–Kier alpha value is -0.790. The highest BCUT2D eigenvalue weighted by molar-refractivity contribution is 5.06. The van der Waals surface area contributed by atoms with Crippen molar-refractivity contribution in [1.82, 2.24) is 9.55 Å². The van der Waals surface area contributed by atoms with Crippen LogP contribution in [0.3, 0.4) is 0 Å². The van der Waals surface area contributed by atoms with Crippen LogP contribution in [0.1, 0.15) is 53.2 Å². The second-order valence-corrected chi connectivity index (χ2v) is 5.41. The molecule has 0 radical (unpaired) electrons. The summed E-state index contributed by atoms with van der Waals surface area (Å²) in [5.41, 5.74) is 1.34. The van der Waals surface area contributed by atoms with E-state index in [9.17, 15) is 0 Å². The number of hydrogen-bond donors (Lipinski definition) is 0. The summed E-state index contributed by atoms with van der Waals surface area (Å²) in [5.74, 6) is 1.19. The lowest BCUT2D eigenvalue weighted by Gasteiger charge is -2.20. The highest BCUT2D eigenvalue weighted by Crippen LogP contribution is 2.23. The third kappa shape index (κ3) is 2.37. The molecule has 80 valence electrons. The predicted octanol–water partition coefficient (Wildman–Crippen LogP) is 3.40. The maximum absolute atomic E-state index is 4.47. The molecule has 0 saturated heterocycles. The molecule has 0 saturated carbocycles. The Balaban J connectivity index is 2.89. The molecule has 1 rings (SSSR count). The third-order valence-electron chi connectivity index (χ3n) is 2.84. The first kappa shape index (κ1) is 11.3. The molecule has 0 aliphatic carbocycles. The van der Waals surface area contributed by atoms with Gasteiger partial charge in [-0.15, -0.1) is 0 Å². The van der Waals surface area contributed by atoms with Gasteiger partial charge in [0.2, 0.25) is 0 Å². The molecule has 0 aromatic carbocycles. The average molecular weight is 194 g/mol. The van der Waals surface area contributed by atoms with Gasteiger partial charge in [0.25, 0.3) is 0 Å². The Morgan fingerprint density at radius 2 is 1.79 bits per heavy atom. The maximum atomic E-state index is 4.47. The second kappa shape index (κ2) is 3.76. The van der Waals surface area contributed by atoms with Crippen molar-refractivity contribution in [3.05, 3.63) is 18.2 Å². The van der Waals surface area contributed by atoms with Gasteiger partial charge < -0.3 is 4.57 Å². The van der Waals surface area contributed by atoms with Gasteiger partial charge in [0.15, 0.2) is 0 Å². The Morgan fingerprint density at radius 3 is 2.14 bits per heavy atom. The Bertz CT molecular complexity index is 292. The van der Waals surface area contributed by atoms with Crippen LogP contribution in [0, 0.1) is 5.92 Å². The predicted molar refractivity (Wildman–Crippen MR) is 60.5 cm³/mol. The molecular formula is C12H22N2. The minimum Gasteiger partial charge on any atom is -0.332 e. The van der Waals surface area contributed by atoms with Gasteiger partial charge in [-0.1, -0.05) is 20.8 Å². The minimum absolute atomic E-state index is 0.141. The Morgan fingerprint density at radius 1 is 1.21 bits per heavy atom.